The number of carbonyl (C=O) groups excluding carboxylic acids is 1. The summed E-state index contributed by atoms with van der Waals surface area (Å²) in [5.41, 5.74) is 0.886. The maximum Gasteiger partial charge on any atom is 0.241 e. The van der Waals surface area contributed by atoms with Gasteiger partial charge in [0, 0.05) is 57.5 Å². The highest BCUT2D eigenvalue weighted by atomic mass is 16.5. The average Bonchev–Trinajstić information content (AvgIpc) is 2.79. The summed E-state index contributed by atoms with van der Waals surface area (Å²) < 4.78 is 11.3. The van der Waals surface area contributed by atoms with E-state index in [-0.39, 0.29) is 11.8 Å². The van der Waals surface area contributed by atoms with Gasteiger partial charge in [0.2, 0.25) is 11.8 Å². The minimum absolute atomic E-state index is 0.245. The van der Waals surface area contributed by atoms with E-state index in [4.69, 9.17) is 9.47 Å². The van der Waals surface area contributed by atoms with Crippen molar-refractivity contribution in [3.8, 4) is 11.6 Å². The van der Waals surface area contributed by atoms with Gasteiger partial charge in [0.05, 0.1) is 13.2 Å². The number of hydrogen-bond donors (Lipinski definition) is 0. The second kappa shape index (κ2) is 9.80. The maximum absolute atomic E-state index is 12.6. The molecule has 0 radical (unpaired) electrons. The molecule has 0 bridgehead atoms. The second-order valence-corrected chi connectivity index (χ2v) is 7.52. The van der Waals surface area contributed by atoms with Crippen LogP contribution in [-0.4, -0.2) is 71.6 Å². The van der Waals surface area contributed by atoms with Crippen molar-refractivity contribution in [3.63, 3.8) is 0 Å². The van der Waals surface area contributed by atoms with Crippen molar-refractivity contribution < 1.29 is 14.3 Å². The Balaban J connectivity index is 1.31. The number of piperidine rings is 1. The summed E-state index contributed by atoms with van der Waals surface area (Å²) >= 11 is 0. The fourth-order valence-corrected chi connectivity index (χ4v) is 3.93. The zero-order valence-corrected chi connectivity index (χ0v) is 16.7. The lowest BCUT2D eigenvalue weighted by Gasteiger charge is -2.33. The minimum atomic E-state index is 0.245. The lowest BCUT2D eigenvalue weighted by molar-refractivity contribution is -0.132. The van der Waals surface area contributed by atoms with Crippen molar-refractivity contribution in [2.45, 2.75) is 25.2 Å². The molecule has 0 saturated carbocycles. The topological polar surface area (TPSA) is 67.8 Å². The van der Waals surface area contributed by atoms with Crippen LogP contribution in [0.15, 0.2) is 42.7 Å². The standard InChI is InChI=1S/C22H28N4O3/c27-20(8-11-25-14-16-28-17-15-25)26-12-6-18(7-13-26)21-22(24-10-9-23-21)29-19-4-2-1-3-5-19/h1-5,9-10,18H,6-8,11-17H2. The van der Waals surface area contributed by atoms with Crippen molar-refractivity contribution in [2.75, 3.05) is 45.9 Å². The number of aromatic nitrogens is 2. The lowest BCUT2D eigenvalue weighted by atomic mass is 9.93. The van der Waals surface area contributed by atoms with E-state index in [1.807, 2.05) is 35.2 Å². The second-order valence-electron chi connectivity index (χ2n) is 7.52. The number of para-hydroxylation sites is 1. The van der Waals surface area contributed by atoms with Gasteiger partial charge in [-0.2, -0.15) is 0 Å². The van der Waals surface area contributed by atoms with E-state index in [1.54, 1.807) is 12.4 Å². The van der Waals surface area contributed by atoms with Gasteiger partial charge in [0.25, 0.3) is 0 Å². The minimum Gasteiger partial charge on any atom is -0.437 e. The van der Waals surface area contributed by atoms with Gasteiger partial charge in [-0.25, -0.2) is 4.98 Å². The summed E-state index contributed by atoms with van der Waals surface area (Å²) in [7, 11) is 0. The first-order valence-electron chi connectivity index (χ1n) is 10.4. The Hall–Kier alpha value is -2.51. The van der Waals surface area contributed by atoms with Crippen molar-refractivity contribution >= 4 is 5.91 Å². The first-order valence-corrected chi connectivity index (χ1v) is 10.4. The molecule has 2 aliphatic heterocycles. The predicted octanol–water partition coefficient (Wildman–Crippen LogP) is 2.70. The van der Waals surface area contributed by atoms with Crippen LogP contribution in [0.2, 0.25) is 0 Å². The third-order valence-corrected chi connectivity index (χ3v) is 5.63. The van der Waals surface area contributed by atoms with Gasteiger partial charge in [-0.3, -0.25) is 14.7 Å². The van der Waals surface area contributed by atoms with Crippen LogP contribution in [0.1, 0.15) is 30.9 Å². The molecule has 0 atom stereocenters. The molecular formula is C22H28N4O3. The van der Waals surface area contributed by atoms with Gasteiger partial charge in [0.1, 0.15) is 11.4 Å². The summed E-state index contributed by atoms with van der Waals surface area (Å²) in [6.07, 6.45) is 5.72. The predicted molar refractivity (Wildman–Crippen MR) is 109 cm³/mol. The fraction of sp³-hybridized carbons (Fsp3) is 0.500. The normalized spacial score (nSPS) is 18.6. The van der Waals surface area contributed by atoms with Crippen LogP contribution in [0.5, 0.6) is 11.6 Å². The molecular weight excluding hydrogens is 368 g/mol. The molecule has 2 saturated heterocycles. The molecule has 4 rings (SSSR count). The van der Waals surface area contributed by atoms with E-state index < -0.39 is 0 Å². The third-order valence-electron chi connectivity index (χ3n) is 5.63. The Kier molecular flexibility index (Phi) is 6.69. The Morgan fingerprint density at radius 2 is 1.76 bits per heavy atom. The molecule has 1 amide bonds. The number of morpholine rings is 1. The summed E-state index contributed by atoms with van der Waals surface area (Å²) in [6.45, 7) is 5.72. The van der Waals surface area contributed by atoms with E-state index in [1.165, 1.54) is 0 Å². The molecule has 2 aromatic rings. The number of rotatable bonds is 6. The molecule has 7 heteroatoms. The largest absolute Gasteiger partial charge is 0.437 e. The van der Waals surface area contributed by atoms with E-state index in [0.717, 1.165) is 70.2 Å². The van der Waals surface area contributed by atoms with Gasteiger partial charge in [-0.15, -0.1) is 0 Å². The van der Waals surface area contributed by atoms with Crippen LogP contribution in [0.4, 0.5) is 0 Å². The Morgan fingerprint density at radius 1 is 1.03 bits per heavy atom. The van der Waals surface area contributed by atoms with Crippen molar-refractivity contribution in [1.29, 1.82) is 0 Å². The van der Waals surface area contributed by atoms with E-state index >= 15 is 0 Å². The fourth-order valence-electron chi connectivity index (χ4n) is 3.93. The molecule has 2 aliphatic rings. The van der Waals surface area contributed by atoms with E-state index in [0.29, 0.717) is 12.3 Å². The molecule has 0 unspecified atom stereocenters. The highest BCUT2D eigenvalue weighted by Crippen LogP contribution is 2.33. The molecule has 1 aromatic heterocycles. The summed E-state index contributed by atoms with van der Waals surface area (Å²) in [6, 6.07) is 9.65. The summed E-state index contributed by atoms with van der Waals surface area (Å²) in [5, 5.41) is 0. The SMILES string of the molecule is O=C(CCN1CCOCC1)N1CCC(c2nccnc2Oc2ccccc2)CC1. The molecule has 0 aliphatic carbocycles. The van der Waals surface area contributed by atoms with Crippen LogP contribution >= 0.6 is 0 Å². The highest BCUT2D eigenvalue weighted by molar-refractivity contribution is 5.76. The van der Waals surface area contributed by atoms with E-state index in [9.17, 15) is 4.79 Å². The molecule has 3 heterocycles. The Labute approximate surface area is 171 Å². The van der Waals surface area contributed by atoms with Crippen LogP contribution in [0, 0.1) is 0 Å². The third kappa shape index (κ3) is 5.31. The van der Waals surface area contributed by atoms with Crippen molar-refractivity contribution in [2.24, 2.45) is 0 Å². The maximum atomic E-state index is 12.6. The average molecular weight is 396 g/mol. The zero-order chi connectivity index (χ0) is 19.9. The number of amides is 1. The number of carbonyl (C=O) groups is 1. The first kappa shape index (κ1) is 19.8. The highest BCUT2D eigenvalue weighted by Gasteiger charge is 2.27. The van der Waals surface area contributed by atoms with Gasteiger partial charge < -0.3 is 14.4 Å². The smallest absolute Gasteiger partial charge is 0.241 e. The lowest BCUT2D eigenvalue weighted by Crippen LogP contribution is -2.42. The molecule has 0 spiro atoms. The van der Waals surface area contributed by atoms with Crippen molar-refractivity contribution in [3.05, 3.63) is 48.4 Å². The summed E-state index contributed by atoms with van der Waals surface area (Å²) in [4.78, 5) is 25.9. The molecule has 1 aromatic carbocycles. The molecule has 2 fully saturated rings. The van der Waals surface area contributed by atoms with Gasteiger partial charge in [-0.1, -0.05) is 18.2 Å². The number of hydrogen-bond acceptors (Lipinski definition) is 6. The molecule has 29 heavy (non-hydrogen) atoms. The quantitative estimate of drug-likeness (QED) is 0.748. The van der Waals surface area contributed by atoms with Crippen LogP contribution in [0.3, 0.4) is 0 Å². The van der Waals surface area contributed by atoms with Crippen LogP contribution in [-0.2, 0) is 9.53 Å². The Bertz CT molecular complexity index is 788. The number of ether oxygens (including phenoxy) is 2. The summed E-state index contributed by atoms with van der Waals surface area (Å²) in [5.74, 6) is 1.82. The zero-order valence-electron chi connectivity index (χ0n) is 16.7. The monoisotopic (exact) mass is 396 g/mol. The molecule has 0 N–H and O–H groups in total. The van der Waals surface area contributed by atoms with Gasteiger partial charge >= 0.3 is 0 Å². The van der Waals surface area contributed by atoms with Gasteiger partial charge in [0.15, 0.2) is 0 Å². The number of nitrogens with zero attached hydrogens (tertiary/aromatic N) is 4. The van der Waals surface area contributed by atoms with Crippen molar-refractivity contribution in [1.82, 2.24) is 19.8 Å². The Morgan fingerprint density at radius 3 is 2.52 bits per heavy atom. The van der Waals surface area contributed by atoms with Crippen LogP contribution < -0.4 is 4.74 Å². The van der Waals surface area contributed by atoms with Crippen LogP contribution in [0.25, 0.3) is 0 Å². The van der Waals surface area contributed by atoms with Gasteiger partial charge in [-0.05, 0) is 25.0 Å². The first-order chi connectivity index (χ1) is 14.3. The number of likely N-dealkylation sites (tertiary alicyclic amines) is 1. The molecule has 154 valence electrons. The van der Waals surface area contributed by atoms with E-state index in [2.05, 4.69) is 14.9 Å². The number of benzene rings is 1. The molecule has 7 nitrogen and oxygen atoms in total.